The van der Waals surface area contributed by atoms with Crippen molar-refractivity contribution in [1.29, 1.82) is 0 Å². The van der Waals surface area contributed by atoms with E-state index in [1.807, 2.05) is 18.2 Å². The maximum Gasteiger partial charge on any atom is 0.122 e. The number of rotatable bonds is 4. The third-order valence-electron chi connectivity index (χ3n) is 2.46. The molecule has 0 aliphatic heterocycles. The van der Waals surface area contributed by atoms with E-state index >= 15 is 0 Å². The van der Waals surface area contributed by atoms with Gasteiger partial charge in [0.05, 0.1) is 18.6 Å². The molecule has 0 aliphatic rings. The van der Waals surface area contributed by atoms with E-state index in [2.05, 4.69) is 6.92 Å². The maximum atomic E-state index is 9.81. The molecule has 0 fully saturated rings. The summed E-state index contributed by atoms with van der Waals surface area (Å²) in [7, 11) is 1.65. The van der Waals surface area contributed by atoms with Crippen LogP contribution in [0.5, 0.6) is 5.75 Å². The van der Waals surface area contributed by atoms with Crippen LogP contribution in [0.2, 0.25) is 0 Å². The second-order valence-electron chi connectivity index (χ2n) is 3.55. The Morgan fingerprint density at radius 3 is 2.60 bits per heavy atom. The number of aryl methyl sites for hydroxylation is 1. The van der Waals surface area contributed by atoms with Gasteiger partial charge in [0.1, 0.15) is 5.75 Å². The van der Waals surface area contributed by atoms with Gasteiger partial charge in [-0.25, -0.2) is 0 Å². The van der Waals surface area contributed by atoms with Crippen LogP contribution in [0, 0.1) is 0 Å². The summed E-state index contributed by atoms with van der Waals surface area (Å²) in [5.74, 6) is 0.857. The fourth-order valence-electron chi connectivity index (χ4n) is 1.52. The summed E-state index contributed by atoms with van der Waals surface area (Å²) in [5.41, 5.74) is 1.93. The van der Waals surface area contributed by atoms with Crippen molar-refractivity contribution in [3.63, 3.8) is 0 Å². The Kier molecular flexibility index (Phi) is 4.43. The Balaban J connectivity index is 3.02. The molecule has 0 bridgehead atoms. The summed E-state index contributed by atoms with van der Waals surface area (Å²) >= 11 is 5.85. The van der Waals surface area contributed by atoms with Crippen molar-refractivity contribution in [2.75, 3.05) is 7.11 Å². The van der Waals surface area contributed by atoms with Gasteiger partial charge in [-0.2, -0.15) is 0 Å². The summed E-state index contributed by atoms with van der Waals surface area (Å²) in [5, 5.41) is 9.52. The highest BCUT2D eigenvalue weighted by Crippen LogP contribution is 2.26. The molecule has 2 atom stereocenters. The minimum Gasteiger partial charge on any atom is -0.496 e. The van der Waals surface area contributed by atoms with Gasteiger partial charge in [-0.15, -0.1) is 11.6 Å². The van der Waals surface area contributed by atoms with Gasteiger partial charge >= 0.3 is 0 Å². The molecule has 1 aromatic carbocycles. The topological polar surface area (TPSA) is 29.5 Å². The number of ether oxygens (including phenoxy) is 1. The molecule has 0 saturated carbocycles. The molecule has 2 unspecified atom stereocenters. The molecule has 84 valence electrons. The maximum absolute atomic E-state index is 9.81. The average Bonchev–Trinajstić information content (AvgIpc) is 2.26. The number of halogens is 1. The van der Waals surface area contributed by atoms with Crippen molar-refractivity contribution in [3.05, 3.63) is 29.3 Å². The lowest BCUT2D eigenvalue weighted by Crippen LogP contribution is -2.08. The first-order valence-electron chi connectivity index (χ1n) is 5.09. The normalized spacial score (nSPS) is 14.7. The number of benzene rings is 1. The molecule has 0 radical (unpaired) electrons. The molecule has 1 aromatic rings. The van der Waals surface area contributed by atoms with Gasteiger partial charge in [-0.05, 0) is 36.6 Å². The quantitative estimate of drug-likeness (QED) is 0.803. The first-order chi connectivity index (χ1) is 7.10. The van der Waals surface area contributed by atoms with Crippen LogP contribution in [0.1, 0.15) is 31.1 Å². The standard InChI is InChI=1S/C12H17ClO2/c1-4-9-7-10(12(14)8(2)13)5-6-11(9)15-3/h5-8,12,14H,4H2,1-3H3. The predicted octanol–water partition coefficient (Wildman–Crippen LogP) is 2.92. The lowest BCUT2D eigenvalue weighted by Gasteiger charge is -2.15. The molecule has 0 aliphatic carbocycles. The van der Waals surface area contributed by atoms with E-state index in [4.69, 9.17) is 16.3 Å². The van der Waals surface area contributed by atoms with Crippen LogP contribution in [0.15, 0.2) is 18.2 Å². The van der Waals surface area contributed by atoms with Crippen molar-refractivity contribution in [2.45, 2.75) is 31.7 Å². The van der Waals surface area contributed by atoms with Crippen LogP contribution in [-0.2, 0) is 6.42 Å². The molecule has 0 spiro atoms. The fraction of sp³-hybridized carbons (Fsp3) is 0.500. The van der Waals surface area contributed by atoms with E-state index in [1.165, 1.54) is 0 Å². The summed E-state index contributed by atoms with van der Waals surface area (Å²) in [4.78, 5) is 0. The number of aliphatic hydroxyl groups excluding tert-OH is 1. The average molecular weight is 229 g/mol. The number of hydrogen-bond acceptors (Lipinski definition) is 2. The van der Waals surface area contributed by atoms with Crippen LogP contribution in [0.4, 0.5) is 0 Å². The Morgan fingerprint density at radius 2 is 2.13 bits per heavy atom. The number of hydrogen-bond donors (Lipinski definition) is 1. The lowest BCUT2D eigenvalue weighted by molar-refractivity contribution is 0.177. The number of aliphatic hydroxyl groups is 1. The zero-order chi connectivity index (χ0) is 11.4. The Bertz CT molecular complexity index is 323. The molecule has 3 heteroatoms. The fourth-order valence-corrected chi connectivity index (χ4v) is 1.67. The Morgan fingerprint density at radius 1 is 1.47 bits per heavy atom. The molecule has 0 heterocycles. The molecule has 0 saturated heterocycles. The zero-order valence-corrected chi connectivity index (χ0v) is 10.1. The summed E-state index contributed by atoms with van der Waals surface area (Å²) < 4.78 is 5.22. The largest absolute Gasteiger partial charge is 0.496 e. The molecule has 0 amide bonds. The van der Waals surface area contributed by atoms with Crippen molar-refractivity contribution in [3.8, 4) is 5.75 Å². The molecule has 1 rings (SSSR count). The van der Waals surface area contributed by atoms with Gasteiger partial charge in [-0.3, -0.25) is 0 Å². The minimum atomic E-state index is -0.622. The van der Waals surface area contributed by atoms with Crippen molar-refractivity contribution < 1.29 is 9.84 Å². The van der Waals surface area contributed by atoms with E-state index in [1.54, 1.807) is 14.0 Å². The zero-order valence-electron chi connectivity index (χ0n) is 9.33. The summed E-state index contributed by atoms with van der Waals surface area (Å²) in [6, 6.07) is 5.67. The summed E-state index contributed by atoms with van der Waals surface area (Å²) in [6.07, 6.45) is 0.253. The second kappa shape index (κ2) is 5.38. The Labute approximate surface area is 95.8 Å². The van der Waals surface area contributed by atoms with E-state index < -0.39 is 6.10 Å². The smallest absolute Gasteiger partial charge is 0.122 e. The number of alkyl halides is 1. The summed E-state index contributed by atoms with van der Waals surface area (Å²) in [6.45, 7) is 3.83. The Hall–Kier alpha value is -0.730. The van der Waals surface area contributed by atoms with Gasteiger partial charge in [-0.1, -0.05) is 13.0 Å². The molecular weight excluding hydrogens is 212 g/mol. The third kappa shape index (κ3) is 2.86. The SMILES string of the molecule is CCc1cc(C(O)C(C)Cl)ccc1OC. The first-order valence-corrected chi connectivity index (χ1v) is 5.52. The van der Waals surface area contributed by atoms with Crippen LogP contribution in [0.25, 0.3) is 0 Å². The highest BCUT2D eigenvalue weighted by Gasteiger charge is 2.15. The highest BCUT2D eigenvalue weighted by atomic mass is 35.5. The highest BCUT2D eigenvalue weighted by molar-refractivity contribution is 6.20. The van der Waals surface area contributed by atoms with Gasteiger partial charge in [0.25, 0.3) is 0 Å². The van der Waals surface area contributed by atoms with Gasteiger partial charge in [0.2, 0.25) is 0 Å². The first kappa shape index (κ1) is 12.3. The monoisotopic (exact) mass is 228 g/mol. The van der Waals surface area contributed by atoms with E-state index in [0.29, 0.717) is 0 Å². The molecule has 1 N–H and O–H groups in total. The number of methoxy groups -OCH3 is 1. The lowest BCUT2D eigenvalue weighted by atomic mass is 10.0. The van der Waals surface area contributed by atoms with Crippen molar-refractivity contribution >= 4 is 11.6 Å². The van der Waals surface area contributed by atoms with Crippen LogP contribution >= 0.6 is 11.6 Å². The van der Waals surface area contributed by atoms with Crippen LogP contribution in [-0.4, -0.2) is 17.6 Å². The predicted molar refractivity (Wildman–Crippen MR) is 62.6 cm³/mol. The van der Waals surface area contributed by atoms with E-state index in [0.717, 1.165) is 23.3 Å². The molecule has 15 heavy (non-hydrogen) atoms. The van der Waals surface area contributed by atoms with E-state index in [-0.39, 0.29) is 5.38 Å². The molecular formula is C12H17ClO2. The van der Waals surface area contributed by atoms with E-state index in [9.17, 15) is 5.11 Å². The van der Waals surface area contributed by atoms with Crippen molar-refractivity contribution in [1.82, 2.24) is 0 Å². The third-order valence-corrected chi connectivity index (χ3v) is 2.70. The van der Waals surface area contributed by atoms with Crippen LogP contribution < -0.4 is 4.74 Å². The van der Waals surface area contributed by atoms with Gasteiger partial charge < -0.3 is 9.84 Å². The van der Waals surface area contributed by atoms with Gasteiger partial charge in [0.15, 0.2) is 0 Å². The van der Waals surface area contributed by atoms with Gasteiger partial charge in [0, 0.05) is 0 Å². The molecule has 2 nitrogen and oxygen atoms in total. The van der Waals surface area contributed by atoms with Crippen molar-refractivity contribution in [2.24, 2.45) is 0 Å². The molecule has 0 aromatic heterocycles. The minimum absolute atomic E-state index is 0.289. The van der Waals surface area contributed by atoms with Crippen LogP contribution in [0.3, 0.4) is 0 Å². The second-order valence-corrected chi connectivity index (χ2v) is 4.24.